The number of aryl methyl sites for hydroxylation is 3. The third-order valence-corrected chi connectivity index (χ3v) is 4.98. The topological polar surface area (TPSA) is 88.8 Å². The Hall–Kier alpha value is -2.67. The zero-order valence-electron chi connectivity index (χ0n) is 14.1. The van der Waals surface area contributed by atoms with Crippen LogP contribution in [0, 0.1) is 27.7 Å². The third-order valence-electron chi connectivity index (χ3n) is 4.00. The fraction of sp³-hybridized carbons (Fsp3) is 0.235. The number of nitrogens with zero attached hydrogens (tertiary/aromatic N) is 3. The SMILES string of the molecule is Cc1cccc(Nc2ncnc(Nc3nc(C)c(C)s3)c2N)c1C. The average Bonchev–Trinajstić information content (AvgIpc) is 2.86. The highest BCUT2D eigenvalue weighted by Gasteiger charge is 2.12. The van der Waals surface area contributed by atoms with Gasteiger partial charge in [-0.2, -0.15) is 0 Å². The van der Waals surface area contributed by atoms with Gasteiger partial charge in [0.2, 0.25) is 0 Å². The van der Waals surface area contributed by atoms with Crippen molar-refractivity contribution < 1.29 is 0 Å². The van der Waals surface area contributed by atoms with E-state index < -0.39 is 0 Å². The van der Waals surface area contributed by atoms with Crippen LogP contribution in [0.2, 0.25) is 0 Å². The molecular weight excluding hydrogens is 320 g/mol. The lowest BCUT2D eigenvalue weighted by molar-refractivity contribution is 1.16. The van der Waals surface area contributed by atoms with Gasteiger partial charge in [0.05, 0.1) is 5.69 Å². The molecular formula is C17H20N6S. The molecule has 0 atom stereocenters. The molecule has 0 saturated carbocycles. The lowest BCUT2D eigenvalue weighted by Gasteiger charge is -2.14. The number of thiazole rings is 1. The van der Waals surface area contributed by atoms with Crippen LogP contribution in [0.1, 0.15) is 21.7 Å². The van der Waals surface area contributed by atoms with Gasteiger partial charge in [-0.3, -0.25) is 0 Å². The highest BCUT2D eigenvalue weighted by Crippen LogP contribution is 2.31. The predicted molar refractivity (Wildman–Crippen MR) is 101 cm³/mol. The number of nitrogen functional groups attached to an aromatic ring is 1. The van der Waals surface area contributed by atoms with Crippen LogP contribution in [0.4, 0.5) is 28.1 Å². The van der Waals surface area contributed by atoms with Crippen molar-refractivity contribution in [1.82, 2.24) is 15.0 Å². The summed E-state index contributed by atoms with van der Waals surface area (Å²) in [5.74, 6) is 1.12. The lowest BCUT2D eigenvalue weighted by atomic mass is 10.1. The molecule has 7 heteroatoms. The largest absolute Gasteiger partial charge is 0.393 e. The van der Waals surface area contributed by atoms with Gasteiger partial charge >= 0.3 is 0 Å². The Morgan fingerprint density at radius 3 is 2.38 bits per heavy atom. The van der Waals surface area contributed by atoms with E-state index in [4.69, 9.17) is 5.73 Å². The summed E-state index contributed by atoms with van der Waals surface area (Å²) >= 11 is 1.57. The Morgan fingerprint density at radius 2 is 1.71 bits per heavy atom. The van der Waals surface area contributed by atoms with E-state index in [0.29, 0.717) is 17.3 Å². The first-order valence-electron chi connectivity index (χ1n) is 7.60. The highest BCUT2D eigenvalue weighted by molar-refractivity contribution is 7.15. The van der Waals surface area contributed by atoms with Crippen LogP contribution >= 0.6 is 11.3 Å². The number of nitrogens with two attached hydrogens (primary N) is 1. The van der Waals surface area contributed by atoms with Crippen LogP contribution in [0.15, 0.2) is 24.5 Å². The minimum atomic E-state index is 0.462. The maximum atomic E-state index is 6.24. The fourth-order valence-electron chi connectivity index (χ4n) is 2.24. The van der Waals surface area contributed by atoms with Crippen LogP contribution in [0.5, 0.6) is 0 Å². The minimum absolute atomic E-state index is 0.462. The van der Waals surface area contributed by atoms with Gasteiger partial charge in [0.15, 0.2) is 16.8 Å². The Kier molecular flexibility index (Phi) is 4.35. The van der Waals surface area contributed by atoms with E-state index in [9.17, 15) is 0 Å². The first kappa shape index (κ1) is 16.2. The molecule has 0 amide bonds. The number of rotatable bonds is 4. The molecule has 0 radical (unpaired) electrons. The Balaban J connectivity index is 1.89. The van der Waals surface area contributed by atoms with Crippen molar-refractivity contribution >= 4 is 39.5 Å². The van der Waals surface area contributed by atoms with Gasteiger partial charge in [0, 0.05) is 10.6 Å². The molecule has 0 fully saturated rings. The predicted octanol–water partition coefficient (Wildman–Crippen LogP) is 4.24. The molecule has 1 aromatic carbocycles. The van der Waals surface area contributed by atoms with E-state index in [0.717, 1.165) is 22.1 Å². The highest BCUT2D eigenvalue weighted by atomic mass is 32.1. The van der Waals surface area contributed by atoms with E-state index >= 15 is 0 Å². The van der Waals surface area contributed by atoms with Gasteiger partial charge in [0.25, 0.3) is 0 Å². The Labute approximate surface area is 145 Å². The summed E-state index contributed by atoms with van der Waals surface area (Å²) in [4.78, 5) is 14.1. The normalized spacial score (nSPS) is 10.7. The summed E-state index contributed by atoms with van der Waals surface area (Å²) in [7, 11) is 0. The van der Waals surface area contributed by atoms with Crippen molar-refractivity contribution in [3.63, 3.8) is 0 Å². The van der Waals surface area contributed by atoms with Crippen LogP contribution in [-0.4, -0.2) is 15.0 Å². The quantitative estimate of drug-likeness (QED) is 0.658. The van der Waals surface area contributed by atoms with Crippen molar-refractivity contribution in [1.29, 1.82) is 0 Å². The standard InChI is InChI=1S/C17H20N6S/c1-9-6-5-7-13(10(9)2)22-15-14(18)16(20-8-19-15)23-17-21-11(3)12(4)24-17/h5-8H,18H2,1-4H3,(H2,19,20,21,22,23). The zero-order chi connectivity index (χ0) is 17.3. The van der Waals surface area contributed by atoms with Gasteiger partial charge in [-0.15, -0.1) is 11.3 Å². The van der Waals surface area contributed by atoms with Crippen LogP contribution in [-0.2, 0) is 0 Å². The van der Waals surface area contributed by atoms with Gasteiger partial charge in [0.1, 0.15) is 12.0 Å². The molecule has 3 aromatic rings. The van der Waals surface area contributed by atoms with Crippen molar-refractivity contribution in [2.45, 2.75) is 27.7 Å². The van der Waals surface area contributed by atoms with E-state index in [1.165, 1.54) is 16.8 Å². The first-order chi connectivity index (χ1) is 11.5. The molecule has 124 valence electrons. The van der Waals surface area contributed by atoms with Crippen LogP contribution in [0.25, 0.3) is 0 Å². The number of benzene rings is 1. The second-order valence-electron chi connectivity index (χ2n) is 5.64. The summed E-state index contributed by atoms with van der Waals surface area (Å²) in [5.41, 5.74) is 11.1. The monoisotopic (exact) mass is 340 g/mol. The van der Waals surface area contributed by atoms with E-state index in [-0.39, 0.29) is 0 Å². The smallest absolute Gasteiger partial charge is 0.188 e. The van der Waals surface area contributed by atoms with Crippen molar-refractivity contribution in [3.8, 4) is 0 Å². The third kappa shape index (κ3) is 3.16. The van der Waals surface area contributed by atoms with Crippen LogP contribution < -0.4 is 16.4 Å². The first-order valence-corrected chi connectivity index (χ1v) is 8.42. The summed E-state index contributed by atoms with van der Waals surface area (Å²) in [6, 6.07) is 6.08. The number of hydrogen-bond acceptors (Lipinski definition) is 7. The fourth-order valence-corrected chi connectivity index (χ4v) is 3.05. The average molecular weight is 340 g/mol. The van der Waals surface area contributed by atoms with Crippen molar-refractivity contribution in [2.24, 2.45) is 0 Å². The van der Waals surface area contributed by atoms with Gasteiger partial charge in [-0.25, -0.2) is 15.0 Å². The molecule has 6 nitrogen and oxygen atoms in total. The van der Waals surface area contributed by atoms with Crippen molar-refractivity contribution in [3.05, 3.63) is 46.2 Å². The number of hydrogen-bond donors (Lipinski definition) is 3. The second-order valence-corrected chi connectivity index (χ2v) is 6.85. The molecule has 3 rings (SSSR count). The molecule has 0 aliphatic carbocycles. The maximum Gasteiger partial charge on any atom is 0.188 e. The molecule has 2 aromatic heterocycles. The number of aromatic nitrogens is 3. The molecule has 0 saturated heterocycles. The van der Waals surface area contributed by atoms with Crippen LogP contribution in [0.3, 0.4) is 0 Å². The number of nitrogens with one attached hydrogen (secondary N) is 2. The summed E-state index contributed by atoms with van der Waals surface area (Å²) in [5, 5.41) is 7.24. The van der Waals surface area contributed by atoms with Crippen molar-refractivity contribution in [2.75, 3.05) is 16.4 Å². The molecule has 0 aliphatic rings. The van der Waals surface area contributed by atoms with Gasteiger partial charge < -0.3 is 16.4 Å². The maximum absolute atomic E-state index is 6.24. The molecule has 0 unspecified atom stereocenters. The molecule has 0 bridgehead atoms. The lowest BCUT2D eigenvalue weighted by Crippen LogP contribution is -2.06. The van der Waals surface area contributed by atoms with E-state index in [1.807, 2.05) is 26.0 Å². The molecule has 4 N–H and O–H groups in total. The summed E-state index contributed by atoms with van der Waals surface area (Å²) in [6.45, 7) is 8.15. The number of anilines is 5. The Bertz CT molecular complexity index is 867. The second kappa shape index (κ2) is 6.45. The molecule has 2 heterocycles. The zero-order valence-corrected chi connectivity index (χ0v) is 15.0. The van der Waals surface area contributed by atoms with E-state index in [2.05, 4.69) is 45.5 Å². The summed E-state index contributed by atoms with van der Waals surface area (Å²) < 4.78 is 0. The van der Waals surface area contributed by atoms with Gasteiger partial charge in [-0.05, 0) is 44.9 Å². The Morgan fingerprint density at radius 1 is 1.00 bits per heavy atom. The molecule has 24 heavy (non-hydrogen) atoms. The summed E-state index contributed by atoms with van der Waals surface area (Å²) in [6.07, 6.45) is 1.49. The minimum Gasteiger partial charge on any atom is -0.393 e. The van der Waals surface area contributed by atoms with Gasteiger partial charge in [-0.1, -0.05) is 12.1 Å². The molecule has 0 spiro atoms. The van der Waals surface area contributed by atoms with E-state index in [1.54, 1.807) is 11.3 Å². The molecule has 0 aliphatic heterocycles.